The predicted molar refractivity (Wildman–Crippen MR) is 100 cm³/mol. The lowest BCUT2D eigenvalue weighted by atomic mass is 9.99. The van der Waals surface area contributed by atoms with Gasteiger partial charge in [0.15, 0.2) is 9.84 Å². The van der Waals surface area contributed by atoms with Gasteiger partial charge in [-0.15, -0.1) is 0 Å². The molecule has 3 rings (SSSR count). The first-order valence-corrected chi connectivity index (χ1v) is 10.1. The Hall–Kier alpha value is -2.67. The summed E-state index contributed by atoms with van der Waals surface area (Å²) in [6, 6.07) is 14.4. The molecule has 136 valence electrons. The van der Waals surface area contributed by atoms with E-state index in [1.54, 1.807) is 29.3 Å². The van der Waals surface area contributed by atoms with Crippen LogP contribution in [0.25, 0.3) is 0 Å². The molecule has 0 saturated carbocycles. The van der Waals surface area contributed by atoms with E-state index in [1.165, 1.54) is 0 Å². The minimum absolute atomic E-state index is 0.111. The lowest BCUT2D eigenvalue weighted by Crippen LogP contribution is -2.18. The summed E-state index contributed by atoms with van der Waals surface area (Å²) in [6.45, 7) is 2.01. The first-order chi connectivity index (χ1) is 12.2. The van der Waals surface area contributed by atoms with Crippen molar-refractivity contribution in [1.29, 1.82) is 0 Å². The smallest absolute Gasteiger partial charge is 0.309 e. The number of aliphatic carboxylic acids is 1. The quantitative estimate of drug-likeness (QED) is 0.871. The maximum Gasteiger partial charge on any atom is 0.309 e. The van der Waals surface area contributed by atoms with Crippen LogP contribution in [0.3, 0.4) is 0 Å². The van der Waals surface area contributed by atoms with E-state index < -0.39 is 15.8 Å². The van der Waals surface area contributed by atoms with Crippen LogP contribution in [-0.4, -0.2) is 31.5 Å². The number of carboxylic acids is 1. The van der Waals surface area contributed by atoms with E-state index in [1.807, 2.05) is 31.2 Å². The fourth-order valence-electron chi connectivity index (χ4n) is 2.99. The van der Waals surface area contributed by atoms with Crippen molar-refractivity contribution in [2.24, 2.45) is 5.10 Å². The number of sulfone groups is 1. The van der Waals surface area contributed by atoms with Crippen molar-refractivity contribution in [2.45, 2.75) is 30.7 Å². The second-order valence-electron chi connectivity index (χ2n) is 6.48. The number of carbonyl (C=O) groups is 1. The molecule has 2 aromatic rings. The summed E-state index contributed by atoms with van der Waals surface area (Å²) >= 11 is 0. The van der Waals surface area contributed by atoms with Gasteiger partial charge < -0.3 is 5.11 Å². The van der Waals surface area contributed by atoms with E-state index >= 15 is 0 Å². The van der Waals surface area contributed by atoms with Gasteiger partial charge in [0.25, 0.3) is 0 Å². The molecule has 1 unspecified atom stereocenters. The second kappa shape index (κ2) is 6.92. The Bertz CT molecular complexity index is 948. The summed E-state index contributed by atoms with van der Waals surface area (Å²) in [7, 11) is -3.27. The lowest BCUT2D eigenvalue weighted by Gasteiger charge is -2.24. The summed E-state index contributed by atoms with van der Waals surface area (Å²) < 4.78 is 23.3. The van der Waals surface area contributed by atoms with E-state index in [9.17, 15) is 13.2 Å². The fourth-order valence-corrected chi connectivity index (χ4v) is 3.62. The van der Waals surface area contributed by atoms with Gasteiger partial charge in [-0.2, -0.15) is 5.10 Å². The number of carboxylic acid groups (broad SMARTS) is 1. The molecule has 0 saturated heterocycles. The largest absolute Gasteiger partial charge is 0.481 e. The van der Waals surface area contributed by atoms with Crippen LogP contribution in [0.4, 0.5) is 5.69 Å². The Labute approximate surface area is 152 Å². The Balaban J connectivity index is 1.97. The summed E-state index contributed by atoms with van der Waals surface area (Å²) in [6.07, 6.45) is 1.57. The van der Waals surface area contributed by atoms with Gasteiger partial charge in [0.2, 0.25) is 0 Å². The van der Waals surface area contributed by atoms with Gasteiger partial charge in [0.05, 0.1) is 28.8 Å². The molecule has 6 nitrogen and oxygen atoms in total. The molecule has 1 aliphatic rings. The van der Waals surface area contributed by atoms with Gasteiger partial charge in [-0.25, -0.2) is 8.42 Å². The molecule has 1 atom stereocenters. The molecular formula is C19H20N2O4S. The van der Waals surface area contributed by atoms with E-state index in [4.69, 9.17) is 5.11 Å². The third-order valence-electron chi connectivity index (χ3n) is 4.32. The molecule has 7 heteroatoms. The molecular weight excluding hydrogens is 352 g/mol. The second-order valence-corrected chi connectivity index (χ2v) is 8.49. The molecule has 0 aromatic heterocycles. The number of hydrogen-bond acceptors (Lipinski definition) is 5. The molecule has 1 heterocycles. The molecule has 2 aromatic carbocycles. The van der Waals surface area contributed by atoms with Crippen LogP contribution in [0, 0.1) is 6.92 Å². The third-order valence-corrected chi connectivity index (χ3v) is 5.45. The predicted octanol–water partition coefficient (Wildman–Crippen LogP) is 3.18. The number of nitrogens with zero attached hydrogens (tertiary/aromatic N) is 2. The van der Waals surface area contributed by atoms with Crippen molar-refractivity contribution in [3.05, 3.63) is 59.7 Å². The van der Waals surface area contributed by atoms with Crippen LogP contribution in [0.2, 0.25) is 0 Å². The van der Waals surface area contributed by atoms with Gasteiger partial charge in [-0.1, -0.05) is 29.8 Å². The standard InChI is InChI=1S/C19H20N2O4S/c1-13-3-5-14(6-4-13)18-11-15(12-19(22)23)20-21(18)16-7-9-17(10-8-16)26(2,24)25/h3-10,18H,11-12H2,1-2H3,(H,22,23). The summed E-state index contributed by atoms with van der Waals surface area (Å²) in [4.78, 5) is 11.3. The number of hydrogen-bond donors (Lipinski definition) is 1. The zero-order valence-corrected chi connectivity index (χ0v) is 15.4. The zero-order valence-electron chi connectivity index (χ0n) is 14.6. The molecule has 0 radical (unpaired) electrons. The highest BCUT2D eigenvalue weighted by atomic mass is 32.2. The monoisotopic (exact) mass is 372 g/mol. The van der Waals surface area contributed by atoms with Crippen molar-refractivity contribution in [3.8, 4) is 0 Å². The molecule has 1 aliphatic heterocycles. The summed E-state index contributed by atoms with van der Waals surface area (Å²) in [5.41, 5.74) is 3.49. The normalized spacial score (nSPS) is 17.2. The first kappa shape index (κ1) is 18.1. The average Bonchev–Trinajstić information content (AvgIpc) is 2.98. The molecule has 0 bridgehead atoms. The van der Waals surface area contributed by atoms with Crippen molar-refractivity contribution in [3.63, 3.8) is 0 Å². The van der Waals surface area contributed by atoms with Crippen molar-refractivity contribution >= 4 is 27.2 Å². The van der Waals surface area contributed by atoms with Crippen molar-refractivity contribution in [1.82, 2.24) is 0 Å². The number of rotatable bonds is 5. The minimum Gasteiger partial charge on any atom is -0.481 e. The van der Waals surface area contributed by atoms with Crippen LogP contribution in [0.15, 0.2) is 58.5 Å². The van der Waals surface area contributed by atoms with Crippen LogP contribution >= 0.6 is 0 Å². The Morgan fingerprint density at radius 1 is 1.15 bits per heavy atom. The Morgan fingerprint density at radius 2 is 1.77 bits per heavy atom. The Morgan fingerprint density at radius 3 is 2.31 bits per heavy atom. The SMILES string of the molecule is Cc1ccc(C2CC(CC(=O)O)=NN2c2ccc(S(C)(=O)=O)cc2)cc1. The molecule has 1 N–H and O–H groups in total. The highest BCUT2D eigenvalue weighted by Gasteiger charge is 2.30. The summed E-state index contributed by atoms with van der Waals surface area (Å²) in [5, 5.41) is 15.3. The number of hydrazone groups is 1. The van der Waals surface area contributed by atoms with Crippen LogP contribution in [-0.2, 0) is 14.6 Å². The van der Waals surface area contributed by atoms with Crippen molar-refractivity contribution in [2.75, 3.05) is 11.3 Å². The topological polar surface area (TPSA) is 87.0 Å². The van der Waals surface area contributed by atoms with E-state index in [0.717, 1.165) is 23.1 Å². The van der Waals surface area contributed by atoms with E-state index in [0.29, 0.717) is 12.1 Å². The van der Waals surface area contributed by atoms with Crippen LogP contribution in [0.1, 0.15) is 30.0 Å². The molecule has 0 aliphatic carbocycles. The molecule has 0 spiro atoms. The van der Waals surface area contributed by atoms with Gasteiger partial charge in [0.1, 0.15) is 0 Å². The van der Waals surface area contributed by atoms with Gasteiger partial charge >= 0.3 is 5.97 Å². The fraction of sp³-hybridized carbons (Fsp3) is 0.263. The van der Waals surface area contributed by atoms with Crippen LogP contribution < -0.4 is 5.01 Å². The zero-order chi connectivity index (χ0) is 18.9. The maximum atomic E-state index is 11.7. The number of aryl methyl sites for hydroxylation is 1. The highest BCUT2D eigenvalue weighted by Crippen LogP contribution is 2.36. The lowest BCUT2D eigenvalue weighted by molar-refractivity contribution is -0.135. The third kappa shape index (κ3) is 3.94. The molecule has 0 amide bonds. The van der Waals surface area contributed by atoms with Crippen LogP contribution in [0.5, 0.6) is 0 Å². The maximum absolute atomic E-state index is 11.7. The van der Waals surface area contributed by atoms with Gasteiger partial charge in [-0.3, -0.25) is 9.80 Å². The van der Waals surface area contributed by atoms with E-state index in [-0.39, 0.29) is 17.4 Å². The molecule has 26 heavy (non-hydrogen) atoms. The van der Waals surface area contributed by atoms with Gasteiger partial charge in [-0.05, 0) is 36.8 Å². The van der Waals surface area contributed by atoms with Crippen molar-refractivity contribution < 1.29 is 18.3 Å². The summed E-state index contributed by atoms with van der Waals surface area (Å²) in [5.74, 6) is -0.916. The van der Waals surface area contributed by atoms with Gasteiger partial charge in [0, 0.05) is 12.7 Å². The Kier molecular flexibility index (Phi) is 4.82. The molecule has 0 fully saturated rings. The van der Waals surface area contributed by atoms with E-state index in [2.05, 4.69) is 5.10 Å². The highest BCUT2D eigenvalue weighted by molar-refractivity contribution is 7.90. The minimum atomic E-state index is -3.27. The average molecular weight is 372 g/mol. The number of benzene rings is 2. The number of anilines is 1. The first-order valence-electron chi connectivity index (χ1n) is 8.18.